The predicted octanol–water partition coefficient (Wildman–Crippen LogP) is 4.79. The highest BCUT2D eigenvalue weighted by atomic mass is 32.1. The number of thiophene rings is 1. The minimum atomic E-state index is 0.689. The standard InChI is InChI=1S/C16H21NOS/c1-13(2)7-9-18-16-5-3-14(4-6-16)11-17-15-8-10-19-12-15/h3-6,8,10,12-13,17H,7,9,11H2,1-2H3. The quantitative estimate of drug-likeness (QED) is 0.784. The zero-order valence-electron chi connectivity index (χ0n) is 11.6. The molecule has 0 radical (unpaired) electrons. The van der Waals surface area contributed by atoms with Gasteiger partial charge in [0.1, 0.15) is 5.75 Å². The van der Waals surface area contributed by atoms with Crippen LogP contribution in [0, 0.1) is 5.92 Å². The molecule has 0 saturated carbocycles. The van der Waals surface area contributed by atoms with E-state index < -0.39 is 0 Å². The van der Waals surface area contributed by atoms with E-state index in [-0.39, 0.29) is 0 Å². The molecular formula is C16H21NOS. The van der Waals surface area contributed by atoms with Crippen molar-refractivity contribution < 1.29 is 4.74 Å². The van der Waals surface area contributed by atoms with Crippen molar-refractivity contribution in [3.63, 3.8) is 0 Å². The molecule has 0 aliphatic heterocycles. The van der Waals surface area contributed by atoms with Gasteiger partial charge in [-0.3, -0.25) is 0 Å². The molecule has 0 atom stereocenters. The fourth-order valence-corrected chi connectivity index (χ4v) is 2.30. The van der Waals surface area contributed by atoms with Crippen LogP contribution in [-0.2, 0) is 6.54 Å². The van der Waals surface area contributed by atoms with Gasteiger partial charge < -0.3 is 10.1 Å². The van der Waals surface area contributed by atoms with Gasteiger partial charge in [-0.15, -0.1) is 0 Å². The van der Waals surface area contributed by atoms with E-state index in [9.17, 15) is 0 Å². The Morgan fingerprint density at radius 2 is 1.95 bits per heavy atom. The van der Waals surface area contributed by atoms with E-state index in [2.05, 4.69) is 48.1 Å². The topological polar surface area (TPSA) is 21.3 Å². The van der Waals surface area contributed by atoms with Crippen LogP contribution in [0.5, 0.6) is 5.75 Å². The Bertz CT molecular complexity index is 462. The second-order valence-corrected chi connectivity index (χ2v) is 5.82. The first-order valence-corrected chi connectivity index (χ1v) is 7.66. The second kappa shape index (κ2) is 7.19. The highest BCUT2D eigenvalue weighted by molar-refractivity contribution is 7.08. The Morgan fingerprint density at radius 3 is 2.58 bits per heavy atom. The number of rotatable bonds is 7. The molecule has 19 heavy (non-hydrogen) atoms. The zero-order valence-corrected chi connectivity index (χ0v) is 12.4. The van der Waals surface area contributed by atoms with Gasteiger partial charge >= 0.3 is 0 Å². The lowest BCUT2D eigenvalue weighted by Crippen LogP contribution is -2.02. The first-order chi connectivity index (χ1) is 9.24. The molecule has 0 saturated heterocycles. The van der Waals surface area contributed by atoms with Crippen LogP contribution in [0.25, 0.3) is 0 Å². The zero-order chi connectivity index (χ0) is 13.5. The average molecular weight is 275 g/mol. The Morgan fingerprint density at radius 1 is 1.16 bits per heavy atom. The molecule has 0 aliphatic rings. The molecule has 102 valence electrons. The van der Waals surface area contributed by atoms with Gasteiger partial charge in [-0.25, -0.2) is 0 Å². The number of hydrogen-bond acceptors (Lipinski definition) is 3. The molecular weight excluding hydrogens is 254 g/mol. The third-order valence-corrected chi connectivity index (χ3v) is 3.59. The summed E-state index contributed by atoms with van der Waals surface area (Å²) in [7, 11) is 0. The molecule has 1 heterocycles. The highest BCUT2D eigenvalue weighted by Crippen LogP contribution is 2.16. The van der Waals surface area contributed by atoms with Crippen LogP contribution >= 0.6 is 11.3 Å². The van der Waals surface area contributed by atoms with E-state index in [1.807, 2.05) is 12.1 Å². The van der Waals surface area contributed by atoms with Crippen LogP contribution < -0.4 is 10.1 Å². The fourth-order valence-electron chi connectivity index (χ4n) is 1.69. The Labute approximate surface area is 119 Å². The van der Waals surface area contributed by atoms with Crippen LogP contribution in [0.4, 0.5) is 5.69 Å². The van der Waals surface area contributed by atoms with E-state index in [1.54, 1.807) is 11.3 Å². The Hall–Kier alpha value is -1.48. The van der Waals surface area contributed by atoms with Crippen molar-refractivity contribution in [2.24, 2.45) is 5.92 Å². The van der Waals surface area contributed by atoms with E-state index in [0.29, 0.717) is 5.92 Å². The summed E-state index contributed by atoms with van der Waals surface area (Å²) in [6.45, 7) is 6.07. The summed E-state index contributed by atoms with van der Waals surface area (Å²) in [5.41, 5.74) is 2.45. The van der Waals surface area contributed by atoms with Crippen molar-refractivity contribution in [2.75, 3.05) is 11.9 Å². The van der Waals surface area contributed by atoms with Gasteiger partial charge in [0.05, 0.1) is 6.61 Å². The molecule has 1 N–H and O–H groups in total. The minimum Gasteiger partial charge on any atom is -0.494 e. The summed E-state index contributed by atoms with van der Waals surface area (Å²) in [4.78, 5) is 0. The van der Waals surface area contributed by atoms with Crippen LogP contribution in [0.15, 0.2) is 41.1 Å². The molecule has 2 rings (SSSR count). The van der Waals surface area contributed by atoms with Crippen LogP contribution in [0.1, 0.15) is 25.8 Å². The molecule has 2 aromatic rings. The summed E-state index contributed by atoms with van der Waals surface area (Å²) >= 11 is 1.71. The third kappa shape index (κ3) is 4.95. The normalized spacial score (nSPS) is 10.7. The summed E-state index contributed by atoms with van der Waals surface area (Å²) < 4.78 is 5.70. The van der Waals surface area contributed by atoms with Crippen molar-refractivity contribution in [1.82, 2.24) is 0 Å². The maximum atomic E-state index is 5.70. The van der Waals surface area contributed by atoms with E-state index >= 15 is 0 Å². The monoisotopic (exact) mass is 275 g/mol. The highest BCUT2D eigenvalue weighted by Gasteiger charge is 1.98. The summed E-state index contributed by atoms with van der Waals surface area (Å²) in [6, 6.07) is 10.4. The van der Waals surface area contributed by atoms with Gasteiger partial charge in [0.2, 0.25) is 0 Å². The summed E-state index contributed by atoms with van der Waals surface area (Å²) in [5.74, 6) is 1.65. The summed E-state index contributed by atoms with van der Waals surface area (Å²) in [6.07, 6.45) is 1.10. The van der Waals surface area contributed by atoms with Crippen molar-refractivity contribution >= 4 is 17.0 Å². The fraction of sp³-hybridized carbons (Fsp3) is 0.375. The van der Waals surface area contributed by atoms with Crippen molar-refractivity contribution in [1.29, 1.82) is 0 Å². The molecule has 0 spiro atoms. The Kier molecular flexibility index (Phi) is 5.28. The lowest BCUT2D eigenvalue weighted by molar-refractivity contribution is 0.289. The number of benzene rings is 1. The molecule has 0 aliphatic carbocycles. The van der Waals surface area contributed by atoms with E-state index in [4.69, 9.17) is 4.74 Å². The van der Waals surface area contributed by atoms with Gasteiger partial charge in [0, 0.05) is 17.6 Å². The van der Waals surface area contributed by atoms with Gasteiger partial charge in [-0.2, -0.15) is 11.3 Å². The number of hydrogen-bond donors (Lipinski definition) is 1. The van der Waals surface area contributed by atoms with Crippen molar-refractivity contribution in [3.8, 4) is 5.75 Å². The molecule has 1 aromatic carbocycles. The van der Waals surface area contributed by atoms with Crippen LogP contribution in [0.2, 0.25) is 0 Å². The average Bonchev–Trinajstić information content (AvgIpc) is 2.90. The lowest BCUT2D eigenvalue weighted by Gasteiger charge is -2.09. The van der Waals surface area contributed by atoms with Gasteiger partial charge in [-0.05, 0) is 41.5 Å². The van der Waals surface area contributed by atoms with Crippen LogP contribution in [-0.4, -0.2) is 6.61 Å². The maximum absolute atomic E-state index is 5.70. The number of nitrogens with one attached hydrogen (secondary N) is 1. The molecule has 2 nitrogen and oxygen atoms in total. The molecule has 0 bridgehead atoms. The van der Waals surface area contributed by atoms with Gasteiger partial charge in [0.25, 0.3) is 0 Å². The summed E-state index contributed by atoms with van der Waals surface area (Å²) in [5, 5.41) is 7.58. The maximum Gasteiger partial charge on any atom is 0.119 e. The third-order valence-electron chi connectivity index (χ3n) is 2.91. The smallest absolute Gasteiger partial charge is 0.119 e. The largest absolute Gasteiger partial charge is 0.494 e. The molecule has 0 unspecified atom stereocenters. The van der Waals surface area contributed by atoms with Gasteiger partial charge in [-0.1, -0.05) is 26.0 Å². The first kappa shape index (κ1) is 13.9. The van der Waals surface area contributed by atoms with E-state index in [0.717, 1.165) is 25.3 Å². The van der Waals surface area contributed by atoms with Crippen molar-refractivity contribution in [3.05, 3.63) is 46.7 Å². The number of ether oxygens (including phenoxy) is 1. The minimum absolute atomic E-state index is 0.689. The molecule has 0 amide bonds. The van der Waals surface area contributed by atoms with Gasteiger partial charge in [0.15, 0.2) is 0 Å². The Balaban J connectivity index is 1.77. The lowest BCUT2D eigenvalue weighted by atomic mass is 10.1. The van der Waals surface area contributed by atoms with Crippen molar-refractivity contribution in [2.45, 2.75) is 26.8 Å². The number of anilines is 1. The SMILES string of the molecule is CC(C)CCOc1ccc(CNc2ccsc2)cc1. The van der Waals surface area contributed by atoms with E-state index in [1.165, 1.54) is 11.3 Å². The molecule has 1 aromatic heterocycles. The second-order valence-electron chi connectivity index (χ2n) is 5.04. The van der Waals surface area contributed by atoms with Crippen LogP contribution in [0.3, 0.4) is 0 Å². The molecule has 0 fully saturated rings. The molecule has 3 heteroatoms. The predicted molar refractivity (Wildman–Crippen MR) is 83.0 cm³/mol. The first-order valence-electron chi connectivity index (χ1n) is 6.72.